The van der Waals surface area contributed by atoms with Gasteiger partial charge in [0.2, 0.25) is 0 Å². The molecule has 3 aromatic rings. The van der Waals surface area contributed by atoms with Crippen LogP contribution >= 0.6 is 0 Å². The molecule has 1 N–H and O–H groups in total. The first-order valence-corrected chi connectivity index (χ1v) is 11.1. The second-order valence-corrected chi connectivity index (χ2v) is 8.60. The van der Waals surface area contributed by atoms with E-state index < -0.39 is 0 Å². The fourth-order valence-electron chi connectivity index (χ4n) is 4.04. The van der Waals surface area contributed by atoms with Crippen molar-refractivity contribution in [3.05, 3.63) is 70.4 Å². The molecule has 166 valence electrons. The number of benzene rings is 2. The Bertz CT molecular complexity index is 1150. The summed E-state index contributed by atoms with van der Waals surface area (Å²) < 4.78 is 0. The number of nitrogens with zero attached hydrogens (tertiary/aromatic N) is 4. The molecule has 0 bridgehead atoms. The lowest BCUT2D eigenvalue weighted by atomic mass is 10.1. The molecule has 1 aromatic heterocycles. The number of amides is 2. The molecular weight excluding hydrogens is 398 g/mol. The van der Waals surface area contributed by atoms with Gasteiger partial charge in [0.15, 0.2) is 5.82 Å². The molecule has 1 fully saturated rings. The van der Waals surface area contributed by atoms with Crippen molar-refractivity contribution in [3.8, 4) is 11.4 Å². The Morgan fingerprint density at radius 2 is 1.59 bits per heavy atom. The molecule has 0 spiro atoms. The van der Waals surface area contributed by atoms with E-state index in [0.717, 1.165) is 52.8 Å². The average Bonchev–Trinajstić information content (AvgIpc) is 2.79. The minimum Gasteiger partial charge on any atom is -0.353 e. The molecule has 1 aliphatic rings. The van der Waals surface area contributed by atoms with E-state index in [4.69, 9.17) is 9.97 Å². The molecule has 1 saturated heterocycles. The van der Waals surface area contributed by atoms with E-state index in [9.17, 15) is 4.79 Å². The van der Waals surface area contributed by atoms with Crippen LogP contribution in [-0.2, 0) is 0 Å². The quantitative estimate of drug-likeness (QED) is 0.634. The number of carbonyl (C=O) groups is 1. The summed E-state index contributed by atoms with van der Waals surface area (Å²) in [5, 5.41) is 3.07. The number of hydrogen-bond acceptors (Lipinski definition) is 4. The van der Waals surface area contributed by atoms with Gasteiger partial charge in [0.1, 0.15) is 5.82 Å². The van der Waals surface area contributed by atoms with Crippen LogP contribution in [-0.4, -0.2) is 47.1 Å². The SMILES string of the molecule is Cc1cccc(-c2nc(C)c(C)c(N3CCN(C(=O)Nc4cccc(C)c4C)CC3)n2)c1. The highest BCUT2D eigenvalue weighted by atomic mass is 16.2. The Hall–Kier alpha value is -3.41. The maximum atomic E-state index is 12.8. The van der Waals surface area contributed by atoms with Crippen molar-refractivity contribution >= 4 is 17.5 Å². The molecule has 32 heavy (non-hydrogen) atoms. The third-order valence-electron chi connectivity index (χ3n) is 6.35. The Balaban J connectivity index is 1.48. The lowest BCUT2D eigenvalue weighted by molar-refractivity contribution is 0.208. The molecule has 0 atom stereocenters. The van der Waals surface area contributed by atoms with Gasteiger partial charge in [-0.25, -0.2) is 14.8 Å². The van der Waals surface area contributed by atoms with E-state index in [-0.39, 0.29) is 6.03 Å². The van der Waals surface area contributed by atoms with Gasteiger partial charge in [0.25, 0.3) is 0 Å². The predicted molar refractivity (Wildman–Crippen MR) is 130 cm³/mol. The molecule has 0 saturated carbocycles. The van der Waals surface area contributed by atoms with Crippen LogP contribution in [0.15, 0.2) is 42.5 Å². The fourth-order valence-corrected chi connectivity index (χ4v) is 4.04. The molecule has 4 rings (SSSR count). The summed E-state index contributed by atoms with van der Waals surface area (Å²) in [5.41, 5.74) is 7.45. The maximum absolute atomic E-state index is 12.8. The van der Waals surface area contributed by atoms with Gasteiger partial charge in [-0.15, -0.1) is 0 Å². The van der Waals surface area contributed by atoms with Crippen LogP contribution in [0.3, 0.4) is 0 Å². The largest absolute Gasteiger partial charge is 0.353 e. The number of aromatic nitrogens is 2. The van der Waals surface area contributed by atoms with E-state index >= 15 is 0 Å². The monoisotopic (exact) mass is 429 g/mol. The normalized spacial score (nSPS) is 13.9. The Morgan fingerprint density at radius 1 is 0.875 bits per heavy atom. The van der Waals surface area contributed by atoms with Crippen molar-refractivity contribution in [2.45, 2.75) is 34.6 Å². The van der Waals surface area contributed by atoms with Gasteiger partial charge in [-0.2, -0.15) is 0 Å². The zero-order valence-corrected chi connectivity index (χ0v) is 19.6. The van der Waals surface area contributed by atoms with Gasteiger partial charge in [0.05, 0.1) is 0 Å². The summed E-state index contributed by atoms with van der Waals surface area (Å²) in [4.78, 5) is 26.6. The van der Waals surface area contributed by atoms with Crippen molar-refractivity contribution in [3.63, 3.8) is 0 Å². The first-order chi connectivity index (χ1) is 15.3. The third-order valence-corrected chi connectivity index (χ3v) is 6.35. The lowest BCUT2D eigenvalue weighted by Crippen LogP contribution is -2.50. The van der Waals surface area contributed by atoms with Crippen LogP contribution in [0.1, 0.15) is 27.9 Å². The van der Waals surface area contributed by atoms with Crippen LogP contribution in [0.5, 0.6) is 0 Å². The maximum Gasteiger partial charge on any atom is 0.321 e. The Kier molecular flexibility index (Phi) is 6.12. The minimum atomic E-state index is -0.0469. The van der Waals surface area contributed by atoms with E-state index in [1.807, 2.05) is 36.9 Å². The van der Waals surface area contributed by atoms with Gasteiger partial charge < -0.3 is 15.1 Å². The summed E-state index contributed by atoms with van der Waals surface area (Å²) in [6, 6.07) is 14.2. The number of anilines is 2. The Labute approximate surface area is 190 Å². The average molecular weight is 430 g/mol. The molecule has 2 aromatic carbocycles. The number of urea groups is 1. The number of nitrogens with one attached hydrogen (secondary N) is 1. The molecule has 0 unspecified atom stereocenters. The Morgan fingerprint density at radius 3 is 2.31 bits per heavy atom. The van der Waals surface area contributed by atoms with Gasteiger partial charge >= 0.3 is 6.03 Å². The topological polar surface area (TPSA) is 61.4 Å². The first kappa shape index (κ1) is 21.8. The van der Waals surface area contributed by atoms with Crippen LogP contribution in [0.25, 0.3) is 11.4 Å². The summed E-state index contributed by atoms with van der Waals surface area (Å²) in [6.07, 6.45) is 0. The number of piperazine rings is 1. The summed E-state index contributed by atoms with van der Waals surface area (Å²) >= 11 is 0. The van der Waals surface area contributed by atoms with Crippen LogP contribution in [0.2, 0.25) is 0 Å². The summed E-state index contributed by atoms with van der Waals surface area (Å²) in [6.45, 7) is 13.1. The molecule has 6 heteroatoms. The van der Waals surface area contributed by atoms with E-state index in [0.29, 0.717) is 13.1 Å². The zero-order chi connectivity index (χ0) is 22.8. The predicted octanol–water partition coefficient (Wildman–Crippen LogP) is 5.04. The highest BCUT2D eigenvalue weighted by Gasteiger charge is 2.24. The second-order valence-electron chi connectivity index (χ2n) is 8.60. The van der Waals surface area contributed by atoms with Crippen LogP contribution < -0.4 is 10.2 Å². The van der Waals surface area contributed by atoms with Crippen molar-refractivity contribution in [1.29, 1.82) is 0 Å². The van der Waals surface area contributed by atoms with Gasteiger partial charge in [-0.1, -0.05) is 35.9 Å². The molecule has 2 heterocycles. The molecule has 1 aliphatic heterocycles. The highest BCUT2D eigenvalue weighted by molar-refractivity contribution is 5.90. The fraction of sp³-hybridized carbons (Fsp3) is 0.346. The lowest BCUT2D eigenvalue weighted by Gasteiger charge is -2.36. The molecule has 2 amide bonds. The van der Waals surface area contributed by atoms with E-state index in [2.05, 4.69) is 55.3 Å². The summed E-state index contributed by atoms with van der Waals surface area (Å²) in [7, 11) is 0. The standard InChI is InChI=1S/C26H31N5O/c1-17-8-6-10-22(16-17)24-27-21(5)20(4)25(29-24)30-12-14-31(15-13-30)26(32)28-23-11-7-9-18(2)19(23)3/h6-11,16H,12-15H2,1-5H3,(H,28,32). The molecule has 0 aliphatic carbocycles. The molecule has 6 nitrogen and oxygen atoms in total. The number of carbonyl (C=O) groups excluding carboxylic acids is 1. The minimum absolute atomic E-state index is 0.0469. The first-order valence-electron chi connectivity index (χ1n) is 11.1. The highest BCUT2D eigenvalue weighted by Crippen LogP contribution is 2.26. The van der Waals surface area contributed by atoms with E-state index in [1.54, 1.807) is 0 Å². The van der Waals surface area contributed by atoms with Crippen molar-refractivity contribution in [2.24, 2.45) is 0 Å². The van der Waals surface area contributed by atoms with E-state index in [1.165, 1.54) is 11.1 Å². The molecular formula is C26H31N5O. The van der Waals surface area contributed by atoms with Crippen molar-refractivity contribution in [2.75, 3.05) is 36.4 Å². The smallest absolute Gasteiger partial charge is 0.321 e. The van der Waals surface area contributed by atoms with Crippen molar-refractivity contribution in [1.82, 2.24) is 14.9 Å². The molecule has 0 radical (unpaired) electrons. The third kappa shape index (κ3) is 4.44. The van der Waals surface area contributed by atoms with Crippen molar-refractivity contribution < 1.29 is 4.79 Å². The van der Waals surface area contributed by atoms with Crippen LogP contribution in [0.4, 0.5) is 16.3 Å². The van der Waals surface area contributed by atoms with Gasteiger partial charge in [-0.3, -0.25) is 0 Å². The van der Waals surface area contributed by atoms with Gasteiger partial charge in [0, 0.05) is 48.7 Å². The zero-order valence-electron chi connectivity index (χ0n) is 19.6. The number of rotatable bonds is 3. The number of hydrogen-bond donors (Lipinski definition) is 1. The van der Waals surface area contributed by atoms with Gasteiger partial charge in [-0.05, 0) is 57.9 Å². The number of aryl methyl sites for hydroxylation is 3. The van der Waals surface area contributed by atoms with Crippen LogP contribution in [0, 0.1) is 34.6 Å². The summed E-state index contributed by atoms with van der Waals surface area (Å²) in [5.74, 6) is 1.71. The second kappa shape index (κ2) is 8.99.